The number of benzene rings is 2. The molecule has 0 atom stereocenters. The number of ether oxygens (including phenoxy) is 2. The van der Waals surface area contributed by atoms with E-state index in [1.807, 2.05) is 62.4 Å². The van der Waals surface area contributed by atoms with E-state index in [4.69, 9.17) is 14.9 Å². The van der Waals surface area contributed by atoms with E-state index < -0.39 is 5.91 Å². The van der Waals surface area contributed by atoms with Crippen molar-refractivity contribution < 1.29 is 14.3 Å². The van der Waals surface area contributed by atoms with Gasteiger partial charge in [0, 0.05) is 16.0 Å². The zero-order valence-electron chi connectivity index (χ0n) is 17.5. The van der Waals surface area contributed by atoms with Crippen LogP contribution in [0.1, 0.15) is 19.4 Å². The van der Waals surface area contributed by atoms with E-state index in [1.165, 1.54) is 16.8 Å². The number of nitrogens with zero attached hydrogens (tertiary/aromatic N) is 3. The van der Waals surface area contributed by atoms with E-state index in [2.05, 4.69) is 26.0 Å². The van der Waals surface area contributed by atoms with Crippen LogP contribution >= 0.6 is 27.7 Å². The first-order valence-electron chi connectivity index (χ1n) is 10.0. The Hall–Kier alpha value is -2.91. The number of hydrogen-bond donors (Lipinski definition) is 1. The summed E-state index contributed by atoms with van der Waals surface area (Å²) in [5.41, 5.74) is 0.817. The number of fused-ring (bicyclic) bond motifs is 1. The van der Waals surface area contributed by atoms with Crippen LogP contribution in [0.25, 0.3) is 6.08 Å². The van der Waals surface area contributed by atoms with Crippen LogP contribution < -0.4 is 9.47 Å². The topological polar surface area (TPSA) is 87.3 Å². The lowest BCUT2D eigenvalue weighted by atomic mass is 10.1. The van der Waals surface area contributed by atoms with Crippen LogP contribution in [0.3, 0.4) is 0 Å². The lowest BCUT2D eigenvalue weighted by Crippen LogP contribution is -2.35. The van der Waals surface area contributed by atoms with Crippen LogP contribution in [0, 0.1) is 11.3 Å². The number of halogens is 1. The smallest absolute Gasteiger partial charge is 0.283 e. The third-order valence-corrected chi connectivity index (χ3v) is 6.29. The Labute approximate surface area is 198 Å². The number of amides is 1. The number of thioether (sulfide) groups is 1. The predicted octanol–water partition coefficient (Wildman–Crippen LogP) is 5.18. The molecule has 2 aliphatic heterocycles. The fraction of sp³-hybridized carbons (Fsp3) is 0.217. The van der Waals surface area contributed by atoms with Gasteiger partial charge in [-0.25, -0.2) is 0 Å². The van der Waals surface area contributed by atoms with Gasteiger partial charge in [0.25, 0.3) is 5.91 Å². The van der Waals surface area contributed by atoms with Gasteiger partial charge < -0.3 is 9.47 Å². The van der Waals surface area contributed by atoms with Crippen LogP contribution in [0.5, 0.6) is 11.5 Å². The molecule has 4 rings (SSSR count). The number of hydrazone groups is 1. The summed E-state index contributed by atoms with van der Waals surface area (Å²) >= 11 is 4.79. The molecule has 1 amide bonds. The van der Waals surface area contributed by atoms with Crippen molar-refractivity contribution in [1.82, 2.24) is 5.01 Å². The molecule has 0 aliphatic carbocycles. The maximum absolute atomic E-state index is 12.7. The summed E-state index contributed by atoms with van der Waals surface area (Å²) in [5.74, 6) is 1.07. The van der Waals surface area contributed by atoms with E-state index in [1.54, 1.807) is 6.08 Å². The van der Waals surface area contributed by atoms with Crippen LogP contribution in [0.2, 0.25) is 0 Å². The van der Waals surface area contributed by atoms with E-state index in [9.17, 15) is 4.79 Å². The predicted molar refractivity (Wildman–Crippen MR) is 131 cm³/mol. The van der Waals surface area contributed by atoms with Gasteiger partial charge in [-0.05, 0) is 48.2 Å². The molecular formula is C23H21BrN4O3S. The first-order chi connectivity index (χ1) is 15.4. The number of rotatable bonds is 7. The lowest BCUT2D eigenvalue weighted by Gasteiger charge is -2.20. The molecule has 0 fully saturated rings. The Morgan fingerprint density at radius 2 is 1.91 bits per heavy atom. The summed E-state index contributed by atoms with van der Waals surface area (Å²) in [7, 11) is 0. The molecule has 9 heteroatoms. The molecular weight excluding hydrogens is 492 g/mol. The van der Waals surface area contributed by atoms with Crippen LogP contribution in [0.4, 0.5) is 0 Å². The van der Waals surface area contributed by atoms with Gasteiger partial charge in [-0.2, -0.15) is 15.1 Å². The largest absolute Gasteiger partial charge is 0.490 e. The molecule has 0 spiro atoms. The summed E-state index contributed by atoms with van der Waals surface area (Å²) < 4.78 is 12.4. The molecule has 7 nitrogen and oxygen atoms in total. The fourth-order valence-electron chi connectivity index (χ4n) is 2.99. The van der Waals surface area contributed by atoms with Crippen molar-refractivity contribution in [1.29, 1.82) is 5.41 Å². The Morgan fingerprint density at radius 1 is 1.16 bits per heavy atom. The number of carbonyl (C=O) groups excluding carboxylic acids is 1. The quantitative estimate of drug-likeness (QED) is 0.407. The molecule has 0 aromatic heterocycles. The van der Waals surface area contributed by atoms with Gasteiger partial charge in [0.2, 0.25) is 5.17 Å². The maximum atomic E-state index is 12.7. The molecule has 1 N–H and O–H groups in total. The fourth-order valence-corrected chi connectivity index (χ4v) is 4.26. The highest BCUT2D eigenvalue weighted by molar-refractivity contribution is 9.10. The summed E-state index contributed by atoms with van der Waals surface area (Å²) in [6.07, 6.45) is 1.62. The Kier molecular flexibility index (Phi) is 6.76. The highest BCUT2D eigenvalue weighted by Gasteiger charge is 2.36. The second kappa shape index (κ2) is 9.70. The minimum absolute atomic E-state index is 0.00138. The SMILES string of the molecule is CC(C)C1=NN2C(=N)/C(=C/c3cc(Br)ccc3OCCOc3ccccc3)C(=O)N=C2S1. The van der Waals surface area contributed by atoms with E-state index in [-0.39, 0.29) is 17.3 Å². The van der Waals surface area contributed by atoms with Crippen molar-refractivity contribution >= 4 is 55.7 Å². The van der Waals surface area contributed by atoms with Gasteiger partial charge in [0.15, 0.2) is 5.84 Å². The molecule has 2 aromatic rings. The zero-order valence-corrected chi connectivity index (χ0v) is 19.9. The Balaban J connectivity index is 1.52. The highest BCUT2D eigenvalue weighted by atomic mass is 79.9. The second-order valence-corrected chi connectivity index (χ2v) is 9.21. The van der Waals surface area contributed by atoms with Crippen molar-refractivity contribution in [3.63, 3.8) is 0 Å². The number of carbonyl (C=O) groups is 1. The van der Waals surface area contributed by atoms with Crippen molar-refractivity contribution in [2.24, 2.45) is 16.0 Å². The van der Waals surface area contributed by atoms with Crippen molar-refractivity contribution in [2.75, 3.05) is 13.2 Å². The Morgan fingerprint density at radius 3 is 2.66 bits per heavy atom. The second-order valence-electron chi connectivity index (χ2n) is 7.31. The van der Waals surface area contributed by atoms with Gasteiger partial charge >= 0.3 is 0 Å². The minimum atomic E-state index is -0.465. The molecule has 32 heavy (non-hydrogen) atoms. The normalized spacial score (nSPS) is 16.9. The number of aliphatic imine (C=N–C) groups is 1. The summed E-state index contributed by atoms with van der Waals surface area (Å²) in [4.78, 5) is 16.8. The van der Waals surface area contributed by atoms with Gasteiger partial charge in [0.1, 0.15) is 29.8 Å². The first-order valence-corrected chi connectivity index (χ1v) is 11.6. The van der Waals surface area contributed by atoms with Gasteiger partial charge in [0.05, 0.1) is 5.57 Å². The van der Waals surface area contributed by atoms with Crippen molar-refractivity contribution in [3.05, 3.63) is 64.1 Å². The molecule has 0 radical (unpaired) electrons. The third kappa shape index (κ3) is 4.94. The molecule has 164 valence electrons. The van der Waals surface area contributed by atoms with Crippen LogP contribution in [0.15, 0.2) is 68.7 Å². The molecule has 2 aliphatic rings. The van der Waals surface area contributed by atoms with Crippen LogP contribution in [-0.2, 0) is 4.79 Å². The molecule has 0 saturated carbocycles. The Bertz CT molecular complexity index is 1150. The van der Waals surface area contributed by atoms with E-state index >= 15 is 0 Å². The summed E-state index contributed by atoms with van der Waals surface area (Å²) in [6, 6.07) is 15.0. The molecule has 0 unspecified atom stereocenters. The van der Waals surface area contributed by atoms with E-state index in [0.717, 1.165) is 15.3 Å². The summed E-state index contributed by atoms with van der Waals surface area (Å²) in [6.45, 7) is 4.72. The first kappa shape index (κ1) is 22.3. The molecule has 2 heterocycles. The van der Waals surface area contributed by atoms with Crippen molar-refractivity contribution in [2.45, 2.75) is 13.8 Å². The minimum Gasteiger partial charge on any atom is -0.490 e. The van der Waals surface area contributed by atoms with Gasteiger partial charge in [-0.3, -0.25) is 10.2 Å². The third-order valence-electron chi connectivity index (χ3n) is 4.59. The number of nitrogens with one attached hydrogen (secondary N) is 1. The van der Waals surface area contributed by atoms with Gasteiger partial charge in [-0.1, -0.05) is 48.0 Å². The summed E-state index contributed by atoms with van der Waals surface area (Å²) in [5, 5.41) is 15.7. The zero-order chi connectivity index (χ0) is 22.7. The average Bonchev–Trinajstić information content (AvgIpc) is 3.20. The number of amidine groups is 2. The monoisotopic (exact) mass is 512 g/mol. The van der Waals surface area contributed by atoms with Crippen molar-refractivity contribution in [3.8, 4) is 11.5 Å². The standard InChI is InChI=1S/C23H21BrN4O3S/c1-14(2)22-27-28-20(25)18(21(29)26-23(28)32-22)13-15-12-16(24)8-9-19(15)31-11-10-30-17-6-4-3-5-7-17/h3-9,12-14,25H,10-11H2,1-2H3/b18-13-,25-20?. The van der Waals surface area contributed by atoms with E-state index in [0.29, 0.717) is 29.7 Å². The molecule has 0 saturated heterocycles. The molecule has 2 aromatic carbocycles. The average molecular weight is 513 g/mol. The van der Waals surface area contributed by atoms with Gasteiger partial charge in [-0.15, -0.1) is 0 Å². The lowest BCUT2D eigenvalue weighted by molar-refractivity contribution is -0.114. The van der Waals surface area contributed by atoms with Crippen LogP contribution in [-0.4, -0.2) is 40.2 Å². The highest BCUT2D eigenvalue weighted by Crippen LogP contribution is 2.32. The maximum Gasteiger partial charge on any atom is 0.283 e. The number of hydrogen-bond acceptors (Lipinski definition) is 6. The molecule has 0 bridgehead atoms. The number of para-hydroxylation sites is 1.